The molecule has 2 rings (SSSR count). The zero-order chi connectivity index (χ0) is 6.65. The molecule has 2 heteroatoms. The molecule has 0 amide bonds. The van der Waals surface area contributed by atoms with Gasteiger partial charge in [0.25, 0.3) is 0 Å². The Labute approximate surface area is 55.3 Å². The highest BCUT2D eigenvalue weighted by Crippen LogP contribution is 2.61. The maximum atomic E-state index is 9.26. The molecule has 9 heavy (non-hydrogen) atoms. The van der Waals surface area contributed by atoms with Crippen molar-refractivity contribution in [1.82, 2.24) is 5.32 Å². The van der Waals surface area contributed by atoms with Crippen LogP contribution in [0, 0.1) is 17.3 Å². The number of nitrogens with one attached hydrogen (secondary N) is 1. The molecule has 0 aromatic rings. The summed E-state index contributed by atoms with van der Waals surface area (Å²) in [7, 11) is 0. The number of hydrogen-bond donors (Lipinski definition) is 2. The van der Waals surface area contributed by atoms with Crippen LogP contribution in [0.15, 0.2) is 0 Å². The molecule has 0 bridgehead atoms. The van der Waals surface area contributed by atoms with Gasteiger partial charge in [0.15, 0.2) is 0 Å². The van der Waals surface area contributed by atoms with Crippen LogP contribution in [0.3, 0.4) is 0 Å². The van der Waals surface area contributed by atoms with Crippen molar-refractivity contribution in [3.63, 3.8) is 0 Å². The fraction of sp³-hybridized carbons (Fsp3) is 1.00. The van der Waals surface area contributed by atoms with Gasteiger partial charge in [-0.15, -0.1) is 0 Å². The maximum Gasteiger partial charge on any atom is 0.108 e. The van der Waals surface area contributed by atoms with Crippen molar-refractivity contribution in [3.8, 4) is 0 Å². The van der Waals surface area contributed by atoms with Crippen molar-refractivity contribution in [2.24, 2.45) is 17.3 Å². The largest absolute Gasteiger partial charge is 0.378 e. The quantitative estimate of drug-likeness (QED) is 0.486. The monoisotopic (exact) mass is 127 g/mol. The SMILES string of the molecule is CC1(C)C2CNC(O)C21. The van der Waals surface area contributed by atoms with Crippen molar-refractivity contribution in [3.05, 3.63) is 0 Å². The predicted molar refractivity (Wildman–Crippen MR) is 34.8 cm³/mol. The summed E-state index contributed by atoms with van der Waals surface area (Å²) in [5.74, 6) is 1.28. The lowest BCUT2D eigenvalue weighted by Crippen LogP contribution is -2.29. The van der Waals surface area contributed by atoms with Crippen molar-refractivity contribution in [2.75, 3.05) is 6.54 Å². The normalized spacial score (nSPS) is 53.0. The van der Waals surface area contributed by atoms with E-state index in [1.807, 2.05) is 0 Å². The first-order valence-electron chi connectivity index (χ1n) is 3.55. The van der Waals surface area contributed by atoms with Gasteiger partial charge in [-0.05, 0) is 11.3 Å². The molecule has 3 atom stereocenters. The molecule has 0 aromatic carbocycles. The highest BCUT2D eigenvalue weighted by atomic mass is 16.3. The van der Waals surface area contributed by atoms with E-state index in [0.29, 0.717) is 11.3 Å². The van der Waals surface area contributed by atoms with Crippen molar-refractivity contribution in [1.29, 1.82) is 0 Å². The molecule has 1 aliphatic heterocycles. The summed E-state index contributed by atoms with van der Waals surface area (Å²) in [6.45, 7) is 5.47. The maximum absolute atomic E-state index is 9.26. The lowest BCUT2D eigenvalue weighted by Gasteiger charge is -2.12. The third-order valence-electron chi connectivity index (χ3n) is 3.03. The summed E-state index contributed by atoms with van der Waals surface area (Å²) in [5, 5.41) is 12.3. The molecule has 1 heterocycles. The van der Waals surface area contributed by atoms with Crippen LogP contribution in [0.25, 0.3) is 0 Å². The van der Waals surface area contributed by atoms with E-state index >= 15 is 0 Å². The van der Waals surface area contributed by atoms with Gasteiger partial charge in [0, 0.05) is 12.5 Å². The first kappa shape index (κ1) is 5.69. The molecule has 2 aliphatic rings. The second-order valence-electron chi connectivity index (χ2n) is 3.81. The minimum atomic E-state index is -0.218. The lowest BCUT2D eigenvalue weighted by molar-refractivity contribution is 0.116. The summed E-state index contributed by atoms with van der Waals surface area (Å²) in [6, 6.07) is 0. The topological polar surface area (TPSA) is 32.3 Å². The van der Waals surface area contributed by atoms with E-state index in [2.05, 4.69) is 19.2 Å². The van der Waals surface area contributed by atoms with E-state index in [1.54, 1.807) is 0 Å². The van der Waals surface area contributed by atoms with Gasteiger partial charge < -0.3 is 5.11 Å². The van der Waals surface area contributed by atoms with E-state index in [-0.39, 0.29) is 6.23 Å². The Morgan fingerprint density at radius 2 is 2.22 bits per heavy atom. The highest BCUT2D eigenvalue weighted by Gasteiger charge is 2.63. The average Bonchev–Trinajstić information content (AvgIpc) is 2.19. The Bertz CT molecular complexity index is 144. The summed E-state index contributed by atoms with van der Waals surface area (Å²) in [4.78, 5) is 0. The number of aliphatic hydroxyl groups is 1. The van der Waals surface area contributed by atoms with Crippen LogP contribution in [0.4, 0.5) is 0 Å². The Morgan fingerprint density at radius 1 is 1.56 bits per heavy atom. The fourth-order valence-electron chi connectivity index (χ4n) is 2.18. The van der Waals surface area contributed by atoms with E-state index in [0.717, 1.165) is 12.5 Å². The van der Waals surface area contributed by atoms with Crippen LogP contribution < -0.4 is 5.32 Å². The van der Waals surface area contributed by atoms with Gasteiger partial charge in [-0.2, -0.15) is 0 Å². The molecular weight excluding hydrogens is 114 g/mol. The fourth-order valence-corrected chi connectivity index (χ4v) is 2.18. The summed E-state index contributed by atoms with van der Waals surface area (Å²) < 4.78 is 0. The highest BCUT2D eigenvalue weighted by molar-refractivity contribution is 5.12. The predicted octanol–water partition coefficient (Wildman–Crippen LogP) is 0.180. The Balaban J connectivity index is 2.14. The van der Waals surface area contributed by atoms with Crippen LogP contribution >= 0.6 is 0 Å². The molecule has 2 fully saturated rings. The molecule has 0 spiro atoms. The zero-order valence-electron chi connectivity index (χ0n) is 5.89. The Kier molecular flexibility index (Phi) is 0.837. The molecule has 1 saturated carbocycles. The second-order valence-corrected chi connectivity index (χ2v) is 3.81. The van der Waals surface area contributed by atoms with Crippen LogP contribution in [0.1, 0.15) is 13.8 Å². The molecular formula is C7H13NO. The zero-order valence-corrected chi connectivity index (χ0v) is 5.89. The van der Waals surface area contributed by atoms with E-state index in [9.17, 15) is 5.11 Å². The second kappa shape index (κ2) is 1.32. The number of rotatable bonds is 0. The van der Waals surface area contributed by atoms with Crippen molar-refractivity contribution >= 4 is 0 Å². The van der Waals surface area contributed by atoms with Crippen molar-refractivity contribution < 1.29 is 5.11 Å². The average molecular weight is 127 g/mol. The van der Waals surface area contributed by atoms with E-state index in [4.69, 9.17) is 0 Å². The van der Waals surface area contributed by atoms with Crippen LogP contribution in [-0.2, 0) is 0 Å². The molecule has 0 radical (unpaired) electrons. The smallest absolute Gasteiger partial charge is 0.108 e. The van der Waals surface area contributed by atoms with Gasteiger partial charge in [0.1, 0.15) is 6.23 Å². The van der Waals surface area contributed by atoms with Crippen LogP contribution in [0.2, 0.25) is 0 Å². The summed E-state index contributed by atoms with van der Waals surface area (Å²) >= 11 is 0. The third kappa shape index (κ3) is 0.528. The van der Waals surface area contributed by atoms with E-state index < -0.39 is 0 Å². The molecule has 2 N–H and O–H groups in total. The number of aliphatic hydroxyl groups excluding tert-OH is 1. The molecule has 3 unspecified atom stereocenters. The van der Waals surface area contributed by atoms with Gasteiger partial charge in [0.05, 0.1) is 0 Å². The van der Waals surface area contributed by atoms with Crippen molar-refractivity contribution in [2.45, 2.75) is 20.1 Å². The van der Waals surface area contributed by atoms with Gasteiger partial charge in [-0.1, -0.05) is 13.8 Å². The molecule has 1 aliphatic carbocycles. The molecule has 0 aromatic heterocycles. The first-order valence-corrected chi connectivity index (χ1v) is 3.55. The number of piperidine rings is 1. The number of fused-ring (bicyclic) bond motifs is 1. The lowest BCUT2D eigenvalue weighted by atomic mass is 10.1. The van der Waals surface area contributed by atoms with Gasteiger partial charge in [-0.3, -0.25) is 5.32 Å². The number of hydrogen-bond acceptors (Lipinski definition) is 2. The summed E-state index contributed by atoms with van der Waals surface area (Å²) in [5.41, 5.74) is 0.421. The standard InChI is InChI=1S/C7H13NO/c1-7(2)4-3-8-6(9)5(4)7/h4-6,8-9H,3H2,1-2H3. The van der Waals surface area contributed by atoms with Gasteiger partial charge in [0.2, 0.25) is 0 Å². The van der Waals surface area contributed by atoms with Crippen LogP contribution in [-0.4, -0.2) is 17.9 Å². The molecule has 2 nitrogen and oxygen atoms in total. The third-order valence-corrected chi connectivity index (χ3v) is 3.03. The molecule has 1 saturated heterocycles. The van der Waals surface area contributed by atoms with Gasteiger partial charge >= 0.3 is 0 Å². The Hall–Kier alpha value is -0.0800. The van der Waals surface area contributed by atoms with Gasteiger partial charge in [-0.25, -0.2) is 0 Å². The Morgan fingerprint density at radius 3 is 2.44 bits per heavy atom. The minimum Gasteiger partial charge on any atom is -0.378 e. The first-order chi connectivity index (χ1) is 4.14. The molecule has 52 valence electrons. The van der Waals surface area contributed by atoms with Crippen LogP contribution in [0.5, 0.6) is 0 Å². The van der Waals surface area contributed by atoms with E-state index in [1.165, 1.54) is 0 Å². The minimum absolute atomic E-state index is 0.218. The summed E-state index contributed by atoms with van der Waals surface area (Å²) in [6.07, 6.45) is -0.218.